The molecule has 16 heavy (non-hydrogen) atoms. The molecule has 2 rings (SSSR count). The number of benzene rings is 1. The molecule has 0 saturated heterocycles. The normalized spacial score (nSPS) is 26.0. The molecule has 1 aliphatic heterocycles. The molecule has 0 saturated carbocycles. The molecule has 0 spiro atoms. The number of hydrogen-bond donors (Lipinski definition) is 1. The number of thioether (sulfide) groups is 1. The fourth-order valence-corrected chi connectivity index (χ4v) is 2.71. The Morgan fingerprint density at radius 3 is 2.75 bits per heavy atom. The van der Waals surface area contributed by atoms with Gasteiger partial charge < -0.3 is 5.73 Å². The SMILES string of the molecule is CC1(c2ccc(F)cc2)CCCSC(N)=N1. The zero-order valence-corrected chi connectivity index (χ0v) is 10.1. The van der Waals surface area contributed by atoms with Crippen LogP contribution in [0.1, 0.15) is 25.3 Å². The third-order valence-corrected chi connectivity index (χ3v) is 3.76. The summed E-state index contributed by atoms with van der Waals surface area (Å²) in [5.74, 6) is 0.791. The molecule has 1 aromatic carbocycles. The summed E-state index contributed by atoms with van der Waals surface area (Å²) in [6.07, 6.45) is 2.02. The van der Waals surface area contributed by atoms with Crippen LogP contribution in [0.25, 0.3) is 0 Å². The minimum absolute atomic E-state index is 0.215. The number of rotatable bonds is 1. The Hall–Kier alpha value is -1.03. The molecule has 2 nitrogen and oxygen atoms in total. The first kappa shape index (κ1) is 11.5. The van der Waals surface area contributed by atoms with Crippen LogP contribution in [0, 0.1) is 5.82 Å². The van der Waals surface area contributed by atoms with E-state index < -0.39 is 0 Å². The van der Waals surface area contributed by atoms with Gasteiger partial charge in [-0.15, -0.1) is 0 Å². The van der Waals surface area contributed by atoms with Gasteiger partial charge in [0.1, 0.15) is 5.82 Å². The number of amidine groups is 1. The zero-order valence-electron chi connectivity index (χ0n) is 9.24. The first-order valence-corrected chi connectivity index (χ1v) is 6.33. The van der Waals surface area contributed by atoms with Crippen molar-refractivity contribution >= 4 is 16.9 Å². The molecule has 0 amide bonds. The van der Waals surface area contributed by atoms with Crippen LogP contribution in [0.3, 0.4) is 0 Å². The Kier molecular flexibility index (Phi) is 3.19. The number of aliphatic imine (C=N–C) groups is 1. The summed E-state index contributed by atoms with van der Waals surface area (Å²) in [5, 5.41) is 0.629. The lowest BCUT2D eigenvalue weighted by Crippen LogP contribution is -2.21. The van der Waals surface area contributed by atoms with Gasteiger partial charge in [-0.2, -0.15) is 0 Å². The van der Waals surface area contributed by atoms with Gasteiger partial charge in [0.05, 0.1) is 5.54 Å². The van der Waals surface area contributed by atoms with E-state index in [4.69, 9.17) is 5.73 Å². The molecule has 1 atom stereocenters. The second-order valence-corrected chi connectivity index (χ2v) is 5.30. The molecular weight excluding hydrogens is 223 g/mol. The Morgan fingerprint density at radius 1 is 1.38 bits per heavy atom. The minimum atomic E-state index is -0.304. The minimum Gasteiger partial charge on any atom is -0.379 e. The maximum atomic E-state index is 12.9. The summed E-state index contributed by atoms with van der Waals surface area (Å²) in [6.45, 7) is 2.05. The quantitative estimate of drug-likeness (QED) is 0.817. The smallest absolute Gasteiger partial charge is 0.154 e. The van der Waals surface area contributed by atoms with Crippen LogP contribution in [-0.2, 0) is 5.54 Å². The van der Waals surface area contributed by atoms with Gasteiger partial charge in [0.25, 0.3) is 0 Å². The van der Waals surface area contributed by atoms with E-state index in [1.54, 1.807) is 23.9 Å². The highest BCUT2D eigenvalue weighted by molar-refractivity contribution is 8.13. The van der Waals surface area contributed by atoms with Crippen LogP contribution < -0.4 is 5.73 Å². The van der Waals surface area contributed by atoms with Crippen LogP contribution in [0.4, 0.5) is 4.39 Å². The van der Waals surface area contributed by atoms with E-state index in [1.165, 1.54) is 12.1 Å². The topological polar surface area (TPSA) is 38.4 Å². The van der Waals surface area contributed by atoms with E-state index >= 15 is 0 Å². The highest BCUT2D eigenvalue weighted by atomic mass is 32.2. The van der Waals surface area contributed by atoms with Crippen molar-refractivity contribution in [3.8, 4) is 0 Å². The summed E-state index contributed by atoms with van der Waals surface area (Å²) >= 11 is 1.59. The predicted octanol–water partition coefficient (Wildman–Crippen LogP) is 2.88. The Labute approximate surface area is 99.1 Å². The molecule has 0 fully saturated rings. The number of nitrogens with two attached hydrogens (primary N) is 1. The molecular formula is C12H15FN2S. The highest BCUT2D eigenvalue weighted by Crippen LogP contribution is 2.34. The van der Waals surface area contributed by atoms with E-state index in [-0.39, 0.29) is 11.4 Å². The van der Waals surface area contributed by atoms with Crippen LogP contribution in [0.5, 0.6) is 0 Å². The zero-order chi connectivity index (χ0) is 11.6. The summed E-state index contributed by atoms with van der Waals surface area (Å²) in [6, 6.07) is 6.54. The van der Waals surface area contributed by atoms with E-state index in [0.29, 0.717) is 5.17 Å². The van der Waals surface area contributed by atoms with Crippen molar-refractivity contribution in [3.05, 3.63) is 35.6 Å². The first-order chi connectivity index (χ1) is 7.60. The van der Waals surface area contributed by atoms with Crippen molar-refractivity contribution in [1.82, 2.24) is 0 Å². The molecule has 1 aromatic rings. The molecule has 86 valence electrons. The van der Waals surface area contributed by atoms with Crippen molar-refractivity contribution in [2.75, 3.05) is 5.75 Å². The molecule has 0 aliphatic carbocycles. The lowest BCUT2D eigenvalue weighted by Gasteiger charge is -2.24. The summed E-state index contributed by atoms with van der Waals surface area (Å²) < 4.78 is 12.9. The van der Waals surface area contributed by atoms with Crippen molar-refractivity contribution in [2.24, 2.45) is 10.7 Å². The summed E-state index contributed by atoms with van der Waals surface area (Å²) in [7, 11) is 0. The monoisotopic (exact) mass is 238 g/mol. The molecule has 2 N–H and O–H groups in total. The molecule has 1 unspecified atom stereocenters. The second kappa shape index (κ2) is 4.45. The number of nitrogens with zero attached hydrogens (tertiary/aromatic N) is 1. The van der Waals surface area contributed by atoms with Crippen LogP contribution in [0.2, 0.25) is 0 Å². The van der Waals surface area contributed by atoms with Crippen LogP contribution in [-0.4, -0.2) is 10.9 Å². The number of halogens is 1. The van der Waals surface area contributed by atoms with Gasteiger partial charge in [0.15, 0.2) is 5.17 Å². The third kappa shape index (κ3) is 2.38. The van der Waals surface area contributed by atoms with Gasteiger partial charge in [-0.3, -0.25) is 4.99 Å². The average Bonchev–Trinajstić information content (AvgIpc) is 2.41. The second-order valence-electron chi connectivity index (χ2n) is 4.18. The lowest BCUT2D eigenvalue weighted by molar-refractivity contribution is 0.454. The van der Waals surface area contributed by atoms with Gasteiger partial charge in [-0.1, -0.05) is 23.9 Å². The average molecular weight is 238 g/mol. The van der Waals surface area contributed by atoms with Crippen molar-refractivity contribution in [1.29, 1.82) is 0 Å². The molecule has 4 heteroatoms. The Morgan fingerprint density at radius 2 is 2.06 bits per heavy atom. The molecule has 0 bridgehead atoms. The fourth-order valence-electron chi connectivity index (χ4n) is 1.94. The van der Waals surface area contributed by atoms with Crippen molar-refractivity contribution in [2.45, 2.75) is 25.3 Å². The first-order valence-electron chi connectivity index (χ1n) is 5.34. The van der Waals surface area contributed by atoms with E-state index in [1.807, 2.05) is 0 Å². The highest BCUT2D eigenvalue weighted by Gasteiger charge is 2.27. The van der Waals surface area contributed by atoms with Crippen LogP contribution in [0.15, 0.2) is 29.3 Å². The van der Waals surface area contributed by atoms with Crippen LogP contribution >= 0.6 is 11.8 Å². The van der Waals surface area contributed by atoms with Crippen molar-refractivity contribution in [3.63, 3.8) is 0 Å². The third-order valence-electron chi connectivity index (χ3n) is 2.88. The maximum absolute atomic E-state index is 12.9. The Bertz CT molecular complexity index is 402. The van der Waals surface area contributed by atoms with Crippen molar-refractivity contribution < 1.29 is 4.39 Å². The van der Waals surface area contributed by atoms with E-state index in [2.05, 4.69) is 11.9 Å². The van der Waals surface area contributed by atoms with Gasteiger partial charge in [0, 0.05) is 5.75 Å². The fraction of sp³-hybridized carbons (Fsp3) is 0.417. The predicted molar refractivity (Wildman–Crippen MR) is 67.1 cm³/mol. The molecule has 0 aromatic heterocycles. The summed E-state index contributed by atoms with van der Waals surface area (Å²) in [4.78, 5) is 4.54. The molecule has 1 aliphatic rings. The number of hydrogen-bond acceptors (Lipinski definition) is 3. The van der Waals surface area contributed by atoms with Gasteiger partial charge in [-0.05, 0) is 37.5 Å². The summed E-state index contributed by atoms with van der Waals surface area (Å²) in [5.41, 5.74) is 6.54. The van der Waals surface area contributed by atoms with E-state index in [0.717, 1.165) is 24.2 Å². The van der Waals surface area contributed by atoms with Gasteiger partial charge >= 0.3 is 0 Å². The molecule has 1 heterocycles. The van der Waals surface area contributed by atoms with E-state index in [9.17, 15) is 4.39 Å². The standard InChI is InChI=1S/C12H15FN2S/c1-12(7-2-8-16-11(14)15-12)9-3-5-10(13)6-4-9/h3-6H,2,7-8H2,1H3,(H2,14,15). The van der Waals surface area contributed by atoms with Gasteiger partial charge in [-0.25, -0.2) is 4.39 Å². The molecule has 0 radical (unpaired) electrons. The largest absolute Gasteiger partial charge is 0.379 e. The van der Waals surface area contributed by atoms with Gasteiger partial charge in [0.2, 0.25) is 0 Å². The maximum Gasteiger partial charge on any atom is 0.154 e. The lowest BCUT2D eigenvalue weighted by atomic mass is 9.88. The Balaban J connectivity index is 2.36.